The maximum Gasteiger partial charge on any atom is 0.191 e. The van der Waals surface area contributed by atoms with Gasteiger partial charge in [0.05, 0.1) is 0 Å². The Balaban J connectivity index is 0.00000261. The van der Waals surface area contributed by atoms with Crippen LogP contribution in [0.15, 0.2) is 23.2 Å². The molecule has 1 aromatic rings. The van der Waals surface area contributed by atoms with E-state index in [0.717, 1.165) is 19.6 Å². The van der Waals surface area contributed by atoms with Crippen molar-refractivity contribution < 1.29 is 13.5 Å². The molecule has 0 saturated heterocycles. The lowest BCUT2D eigenvalue weighted by atomic mass is 9.83. The normalized spacial score (nSPS) is 23.6. The lowest BCUT2D eigenvalue weighted by Gasteiger charge is -2.30. The second-order valence-electron chi connectivity index (χ2n) is 7.60. The largest absolute Gasteiger partial charge is 0.385 e. The smallest absolute Gasteiger partial charge is 0.191 e. The van der Waals surface area contributed by atoms with Gasteiger partial charge in [0.1, 0.15) is 11.6 Å². The molecule has 2 saturated carbocycles. The number of benzene rings is 1. The number of hydrogen-bond acceptors (Lipinski definition) is 2. The Labute approximate surface area is 177 Å². The van der Waals surface area contributed by atoms with Crippen LogP contribution in [0.25, 0.3) is 0 Å². The first-order valence-electron chi connectivity index (χ1n) is 9.48. The zero-order valence-corrected chi connectivity index (χ0v) is 18.4. The zero-order valence-electron chi connectivity index (χ0n) is 16.1. The zero-order chi connectivity index (χ0) is 18.6. The third-order valence-corrected chi connectivity index (χ3v) is 5.84. The molecule has 3 rings (SSSR count). The predicted molar refractivity (Wildman–Crippen MR) is 115 cm³/mol. The highest BCUT2D eigenvalue weighted by atomic mass is 127. The Morgan fingerprint density at radius 1 is 1.26 bits per heavy atom. The van der Waals surface area contributed by atoms with Crippen molar-refractivity contribution in [2.24, 2.45) is 10.4 Å². The average Bonchev–Trinajstić information content (AvgIpc) is 3.21. The molecule has 152 valence electrons. The van der Waals surface area contributed by atoms with Crippen LogP contribution in [0.2, 0.25) is 0 Å². The van der Waals surface area contributed by atoms with Crippen LogP contribution in [0.1, 0.15) is 50.0 Å². The maximum atomic E-state index is 13.9. The second kappa shape index (κ2) is 10.0. The molecule has 2 fully saturated rings. The minimum Gasteiger partial charge on any atom is -0.385 e. The van der Waals surface area contributed by atoms with E-state index >= 15 is 0 Å². The molecule has 0 amide bonds. The van der Waals surface area contributed by atoms with Gasteiger partial charge in [-0.1, -0.05) is 18.9 Å². The van der Waals surface area contributed by atoms with Crippen molar-refractivity contribution in [3.8, 4) is 0 Å². The van der Waals surface area contributed by atoms with Crippen molar-refractivity contribution >= 4 is 29.9 Å². The van der Waals surface area contributed by atoms with Gasteiger partial charge in [-0.15, -0.1) is 24.0 Å². The topological polar surface area (TPSA) is 45.7 Å². The van der Waals surface area contributed by atoms with Crippen LogP contribution < -0.4 is 10.6 Å². The first-order valence-corrected chi connectivity index (χ1v) is 9.48. The van der Waals surface area contributed by atoms with Crippen LogP contribution in [0, 0.1) is 17.0 Å². The molecule has 2 atom stereocenters. The molecule has 0 heterocycles. The quantitative estimate of drug-likeness (QED) is 0.340. The van der Waals surface area contributed by atoms with E-state index in [0.29, 0.717) is 12.4 Å². The third-order valence-electron chi connectivity index (χ3n) is 5.84. The number of rotatable bonds is 7. The fourth-order valence-electron chi connectivity index (χ4n) is 4.14. The standard InChI is InChI=1S/C20H29F2N3O.HI/c1-23-19(24-13-20(10-11-26-2)8-3-4-9-20)25-17-12-14(17)18-15(21)6-5-7-16(18)22;/h5-7,14,17H,3-4,8-13H2,1-2H3,(H2,23,24,25);1H. The van der Waals surface area contributed by atoms with Gasteiger partial charge in [-0.3, -0.25) is 4.99 Å². The van der Waals surface area contributed by atoms with E-state index in [1.807, 2.05) is 0 Å². The monoisotopic (exact) mass is 493 g/mol. The Kier molecular flexibility index (Phi) is 8.27. The third kappa shape index (κ3) is 5.53. The van der Waals surface area contributed by atoms with E-state index in [4.69, 9.17) is 4.74 Å². The van der Waals surface area contributed by atoms with Gasteiger partial charge < -0.3 is 15.4 Å². The van der Waals surface area contributed by atoms with Crippen molar-refractivity contribution in [3.63, 3.8) is 0 Å². The van der Waals surface area contributed by atoms with Crippen LogP contribution in [0.5, 0.6) is 0 Å². The number of halogens is 3. The van der Waals surface area contributed by atoms with Crippen molar-refractivity contribution in [3.05, 3.63) is 35.4 Å². The van der Waals surface area contributed by atoms with Crippen LogP contribution in [0.4, 0.5) is 8.78 Å². The molecule has 0 aliphatic heterocycles. The molecule has 0 radical (unpaired) electrons. The van der Waals surface area contributed by atoms with E-state index in [9.17, 15) is 8.78 Å². The summed E-state index contributed by atoms with van der Waals surface area (Å²) in [4.78, 5) is 4.29. The Hall–Kier alpha value is -0.960. The van der Waals surface area contributed by atoms with E-state index in [-0.39, 0.29) is 46.9 Å². The molecule has 7 heteroatoms. The summed E-state index contributed by atoms with van der Waals surface area (Å²) < 4.78 is 33.1. The van der Waals surface area contributed by atoms with E-state index in [1.54, 1.807) is 14.2 Å². The second-order valence-corrected chi connectivity index (χ2v) is 7.60. The summed E-state index contributed by atoms with van der Waals surface area (Å²) in [6.07, 6.45) is 6.68. The SMILES string of the molecule is CN=C(NCC1(CCOC)CCCC1)NC1CC1c1c(F)cccc1F.I. The van der Waals surface area contributed by atoms with E-state index in [2.05, 4.69) is 15.6 Å². The van der Waals surface area contributed by atoms with Crippen LogP contribution in [-0.4, -0.2) is 39.3 Å². The fraction of sp³-hybridized carbons (Fsp3) is 0.650. The number of guanidine groups is 1. The summed E-state index contributed by atoms with van der Waals surface area (Å²) in [6, 6.07) is 4.06. The fourth-order valence-corrected chi connectivity index (χ4v) is 4.14. The highest BCUT2D eigenvalue weighted by Crippen LogP contribution is 2.43. The molecular weight excluding hydrogens is 463 g/mol. The van der Waals surface area contributed by atoms with Crippen LogP contribution in [-0.2, 0) is 4.74 Å². The molecule has 0 spiro atoms. The molecule has 2 aliphatic rings. The summed E-state index contributed by atoms with van der Waals surface area (Å²) in [5, 5.41) is 6.74. The summed E-state index contributed by atoms with van der Waals surface area (Å²) in [5.41, 5.74) is 0.446. The number of nitrogens with one attached hydrogen (secondary N) is 2. The minimum atomic E-state index is -0.466. The van der Waals surface area contributed by atoms with Gasteiger partial charge in [-0.25, -0.2) is 8.78 Å². The number of aliphatic imine (C=N–C) groups is 1. The van der Waals surface area contributed by atoms with Crippen molar-refractivity contribution in [2.45, 2.75) is 50.5 Å². The molecule has 2 aliphatic carbocycles. The van der Waals surface area contributed by atoms with Gasteiger partial charge >= 0.3 is 0 Å². The maximum absolute atomic E-state index is 13.9. The highest BCUT2D eigenvalue weighted by molar-refractivity contribution is 14.0. The molecule has 0 bridgehead atoms. The predicted octanol–water partition coefficient (Wildman–Crippen LogP) is 4.20. The Morgan fingerprint density at radius 3 is 2.52 bits per heavy atom. The molecule has 2 N–H and O–H groups in total. The lowest BCUT2D eigenvalue weighted by molar-refractivity contribution is 0.138. The summed E-state index contributed by atoms with van der Waals surface area (Å²) >= 11 is 0. The molecule has 4 nitrogen and oxygen atoms in total. The molecule has 27 heavy (non-hydrogen) atoms. The van der Waals surface area contributed by atoms with E-state index < -0.39 is 11.6 Å². The highest BCUT2D eigenvalue weighted by Gasteiger charge is 2.42. The van der Waals surface area contributed by atoms with Gasteiger partial charge in [-0.2, -0.15) is 0 Å². The molecular formula is C20H30F2IN3O. The van der Waals surface area contributed by atoms with Gasteiger partial charge in [0.2, 0.25) is 0 Å². The Bertz CT molecular complexity index is 630. The average molecular weight is 493 g/mol. The van der Waals surface area contributed by atoms with Gasteiger partial charge in [0, 0.05) is 44.8 Å². The summed E-state index contributed by atoms with van der Waals surface area (Å²) in [5.74, 6) is -0.361. The van der Waals surface area contributed by atoms with Crippen molar-refractivity contribution in [1.82, 2.24) is 10.6 Å². The summed E-state index contributed by atoms with van der Waals surface area (Å²) in [6.45, 7) is 1.62. The first-order chi connectivity index (χ1) is 12.6. The van der Waals surface area contributed by atoms with Gasteiger partial charge in [0.15, 0.2) is 5.96 Å². The van der Waals surface area contributed by atoms with Crippen LogP contribution >= 0.6 is 24.0 Å². The minimum absolute atomic E-state index is 0. The number of nitrogens with zero attached hydrogens (tertiary/aromatic N) is 1. The van der Waals surface area contributed by atoms with Gasteiger partial charge in [0.25, 0.3) is 0 Å². The lowest BCUT2D eigenvalue weighted by Crippen LogP contribution is -2.44. The Morgan fingerprint density at radius 2 is 1.93 bits per heavy atom. The van der Waals surface area contributed by atoms with Crippen molar-refractivity contribution in [2.75, 3.05) is 27.3 Å². The first kappa shape index (κ1) is 22.3. The van der Waals surface area contributed by atoms with E-state index in [1.165, 1.54) is 43.9 Å². The number of methoxy groups -OCH3 is 1. The molecule has 0 aromatic heterocycles. The molecule has 2 unspecified atom stereocenters. The summed E-state index contributed by atoms with van der Waals surface area (Å²) in [7, 11) is 3.47. The number of hydrogen-bond donors (Lipinski definition) is 2. The molecule has 1 aromatic carbocycles. The van der Waals surface area contributed by atoms with Gasteiger partial charge in [-0.05, 0) is 43.2 Å². The van der Waals surface area contributed by atoms with Crippen molar-refractivity contribution in [1.29, 1.82) is 0 Å². The van der Waals surface area contributed by atoms with Crippen LogP contribution in [0.3, 0.4) is 0 Å². The number of ether oxygens (including phenoxy) is 1.